The molecule has 0 bridgehead atoms. The van der Waals surface area contributed by atoms with E-state index in [0.29, 0.717) is 13.0 Å². The normalized spacial score (nSPS) is 23.3. The van der Waals surface area contributed by atoms with E-state index in [9.17, 15) is 9.18 Å². The SMILES string of the molecule is CCCC(F)N(C(=O)O)C1CCN(CC)C1. The lowest BCUT2D eigenvalue weighted by molar-refractivity contribution is 0.0402. The van der Waals surface area contributed by atoms with Gasteiger partial charge in [0, 0.05) is 13.1 Å². The third-order valence-corrected chi connectivity index (χ3v) is 3.14. The van der Waals surface area contributed by atoms with Crippen molar-refractivity contribution in [2.75, 3.05) is 19.6 Å². The van der Waals surface area contributed by atoms with Crippen LogP contribution in [-0.2, 0) is 0 Å². The monoisotopic (exact) mass is 232 g/mol. The lowest BCUT2D eigenvalue weighted by Crippen LogP contribution is -2.46. The summed E-state index contributed by atoms with van der Waals surface area (Å²) in [5.41, 5.74) is 0. The zero-order chi connectivity index (χ0) is 12.1. The van der Waals surface area contributed by atoms with Gasteiger partial charge in [0.1, 0.15) is 0 Å². The van der Waals surface area contributed by atoms with E-state index >= 15 is 0 Å². The first kappa shape index (κ1) is 13.2. The number of carboxylic acid groups (broad SMARTS) is 1. The lowest BCUT2D eigenvalue weighted by atomic mass is 10.2. The molecule has 1 heterocycles. The zero-order valence-electron chi connectivity index (χ0n) is 10.0. The molecule has 5 heteroatoms. The Hall–Kier alpha value is -0.840. The summed E-state index contributed by atoms with van der Waals surface area (Å²) in [5, 5.41) is 9.06. The second-order valence-corrected chi connectivity index (χ2v) is 4.25. The highest BCUT2D eigenvalue weighted by Crippen LogP contribution is 2.20. The van der Waals surface area contributed by atoms with Crippen molar-refractivity contribution in [2.45, 2.75) is 45.4 Å². The van der Waals surface area contributed by atoms with E-state index in [1.165, 1.54) is 0 Å². The molecule has 94 valence electrons. The molecule has 2 atom stereocenters. The highest BCUT2D eigenvalue weighted by atomic mass is 19.1. The standard InChI is InChI=1S/C11H21FN2O2/c1-3-5-10(12)14(11(15)16)9-6-7-13(4-2)8-9/h9-10H,3-8H2,1-2H3,(H,15,16). The summed E-state index contributed by atoms with van der Waals surface area (Å²) in [4.78, 5) is 14.2. The van der Waals surface area contributed by atoms with Gasteiger partial charge in [-0.3, -0.25) is 4.90 Å². The number of alkyl halides is 1. The van der Waals surface area contributed by atoms with Gasteiger partial charge in [-0.15, -0.1) is 0 Å². The first-order valence-corrected chi connectivity index (χ1v) is 5.97. The van der Waals surface area contributed by atoms with E-state index in [-0.39, 0.29) is 12.5 Å². The Morgan fingerprint density at radius 3 is 2.75 bits per heavy atom. The summed E-state index contributed by atoms with van der Waals surface area (Å²) in [6.45, 7) is 6.32. The van der Waals surface area contributed by atoms with Crippen LogP contribution in [0, 0.1) is 0 Å². The van der Waals surface area contributed by atoms with Crippen LogP contribution in [0.15, 0.2) is 0 Å². The van der Waals surface area contributed by atoms with Gasteiger partial charge in [0.2, 0.25) is 0 Å². The number of hydrogen-bond donors (Lipinski definition) is 1. The Labute approximate surface area is 96.0 Å². The van der Waals surface area contributed by atoms with Crippen molar-refractivity contribution >= 4 is 6.09 Å². The smallest absolute Gasteiger partial charge is 0.409 e. The predicted octanol–water partition coefficient (Wildman–Crippen LogP) is 2.16. The van der Waals surface area contributed by atoms with Gasteiger partial charge in [-0.2, -0.15) is 0 Å². The first-order chi connectivity index (χ1) is 7.60. The molecule has 0 aromatic carbocycles. The van der Waals surface area contributed by atoms with Crippen molar-refractivity contribution in [1.29, 1.82) is 0 Å². The van der Waals surface area contributed by atoms with Crippen molar-refractivity contribution < 1.29 is 14.3 Å². The van der Waals surface area contributed by atoms with Gasteiger partial charge in [0.15, 0.2) is 6.30 Å². The van der Waals surface area contributed by atoms with Gasteiger partial charge in [0.05, 0.1) is 6.04 Å². The Morgan fingerprint density at radius 1 is 1.62 bits per heavy atom. The molecule has 0 aromatic rings. The largest absolute Gasteiger partial charge is 0.465 e. The van der Waals surface area contributed by atoms with Crippen LogP contribution >= 0.6 is 0 Å². The van der Waals surface area contributed by atoms with Crippen molar-refractivity contribution in [3.8, 4) is 0 Å². The Morgan fingerprint density at radius 2 is 2.31 bits per heavy atom. The van der Waals surface area contributed by atoms with Crippen LogP contribution in [0.1, 0.15) is 33.1 Å². The summed E-state index contributed by atoms with van der Waals surface area (Å²) in [7, 11) is 0. The molecule has 1 fully saturated rings. The van der Waals surface area contributed by atoms with Crippen LogP contribution in [0.4, 0.5) is 9.18 Å². The number of nitrogens with zero attached hydrogens (tertiary/aromatic N) is 2. The average molecular weight is 232 g/mol. The maximum absolute atomic E-state index is 13.7. The minimum atomic E-state index is -1.36. The van der Waals surface area contributed by atoms with Crippen molar-refractivity contribution in [3.05, 3.63) is 0 Å². The van der Waals surface area contributed by atoms with Crippen molar-refractivity contribution in [3.63, 3.8) is 0 Å². The molecule has 0 aliphatic carbocycles. The van der Waals surface area contributed by atoms with Gasteiger partial charge in [-0.05, 0) is 19.4 Å². The second-order valence-electron chi connectivity index (χ2n) is 4.25. The summed E-state index contributed by atoms with van der Waals surface area (Å²) in [5.74, 6) is 0. The highest BCUT2D eigenvalue weighted by Gasteiger charge is 2.34. The molecule has 1 aliphatic heterocycles. The summed E-state index contributed by atoms with van der Waals surface area (Å²) < 4.78 is 13.7. The minimum absolute atomic E-state index is 0.181. The maximum Gasteiger partial charge on any atom is 0.409 e. The number of amides is 1. The molecular weight excluding hydrogens is 211 g/mol. The van der Waals surface area contributed by atoms with E-state index in [1.807, 2.05) is 13.8 Å². The molecule has 1 aliphatic rings. The molecule has 16 heavy (non-hydrogen) atoms. The number of carbonyl (C=O) groups is 1. The zero-order valence-corrected chi connectivity index (χ0v) is 10.0. The van der Waals surface area contributed by atoms with Crippen LogP contribution in [0.5, 0.6) is 0 Å². The van der Waals surface area contributed by atoms with Crippen molar-refractivity contribution in [1.82, 2.24) is 9.80 Å². The predicted molar refractivity (Wildman–Crippen MR) is 60.2 cm³/mol. The van der Waals surface area contributed by atoms with E-state index in [1.54, 1.807) is 0 Å². The lowest BCUT2D eigenvalue weighted by Gasteiger charge is -2.29. The quantitative estimate of drug-likeness (QED) is 0.739. The van der Waals surface area contributed by atoms with Crippen LogP contribution in [0.3, 0.4) is 0 Å². The number of rotatable bonds is 5. The topological polar surface area (TPSA) is 43.8 Å². The number of likely N-dealkylation sites (N-methyl/N-ethyl adjacent to an activating group) is 1. The molecule has 4 nitrogen and oxygen atoms in total. The Bertz CT molecular complexity index is 238. The molecule has 1 saturated heterocycles. The van der Waals surface area contributed by atoms with E-state index in [2.05, 4.69) is 4.90 Å². The molecule has 0 saturated carbocycles. The number of hydrogen-bond acceptors (Lipinski definition) is 2. The third kappa shape index (κ3) is 3.07. The molecule has 0 spiro atoms. The molecule has 0 radical (unpaired) electrons. The minimum Gasteiger partial charge on any atom is -0.465 e. The first-order valence-electron chi connectivity index (χ1n) is 5.97. The highest BCUT2D eigenvalue weighted by molar-refractivity contribution is 5.65. The fourth-order valence-corrected chi connectivity index (χ4v) is 2.21. The molecular formula is C11H21FN2O2. The molecule has 1 rings (SSSR count). The maximum atomic E-state index is 13.7. The molecule has 1 N–H and O–H groups in total. The third-order valence-electron chi connectivity index (χ3n) is 3.14. The Kier molecular flexibility index (Phi) is 4.99. The van der Waals surface area contributed by atoms with Crippen LogP contribution in [-0.4, -0.2) is 53.0 Å². The fraction of sp³-hybridized carbons (Fsp3) is 0.909. The summed E-state index contributed by atoms with van der Waals surface area (Å²) >= 11 is 0. The number of halogens is 1. The van der Waals surface area contributed by atoms with Gasteiger partial charge in [-0.25, -0.2) is 9.18 Å². The van der Waals surface area contributed by atoms with E-state index in [4.69, 9.17) is 5.11 Å². The van der Waals surface area contributed by atoms with Gasteiger partial charge in [-0.1, -0.05) is 20.3 Å². The molecule has 1 amide bonds. The summed E-state index contributed by atoms with van der Waals surface area (Å²) in [6, 6.07) is -0.181. The van der Waals surface area contributed by atoms with Gasteiger partial charge in [0.25, 0.3) is 0 Å². The van der Waals surface area contributed by atoms with Crippen LogP contribution in [0.2, 0.25) is 0 Å². The summed E-state index contributed by atoms with van der Waals surface area (Å²) in [6.07, 6.45) is -0.804. The fourth-order valence-electron chi connectivity index (χ4n) is 2.21. The average Bonchev–Trinajstić information content (AvgIpc) is 2.66. The van der Waals surface area contributed by atoms with E-state index < -0.39 is 12.4 Å². The van der Waals surface area contributed by atoms with Gasteiger partial charge >= 0.3 is 6.09 Å². The van der Waals surface area contributed by atoms with Crippen molar-refractivity contribution in [2.24, 2.45) is 0 Å². The molecule has 0 aromatic heterocycles. The second kappa shape index (κ2) is 6.03. The van der Waals surface area contributed by atoms with Crippen LogP contribution in [0.25, 0.3) is 0 Å². The van der Waals surface area contributed by atoms with Gasteiger partial charge < -0.3 is 10.0 Å². The van der Waals surface area contributed by atoms with E-state index in [0.717, 1.165) is 24.4 Å². The van der Waals surface area contributed by atoms with Crippen LogP contribution < -0.4 is 0 Å². The Balaban J connectivity index is 2.60. The number of likely N-dealkylation sites (tertiary alicyclic amines) is 1. The molecule has 2 unspecified atom stereocenters.